The van der Waals surface area contributed by atoms with Gasteiger partial charge in [0.15, 0.2) is 0 Å². The third-order valence-electron chi connectivity index (χ3n) is 2.34. The fourth-order valence-corrected chi connectivity index (χ4v) is 1.52. The molecule has 0 aromatic heterocycles. The van der Waals surface area contributed by atoms with E-state index < -0.39 is 0 Å². The maximum atomic E-state index is 6.06. The second-order valence-corrected chi connectivity index (χ2v) is 4.39. The summed E-state index contributed by atoms with van der Waals surface area (Å²) in [6.07, 6.45) is 0. The van der Waals surface area contributed by atoms with Gasteiger partial charge in [-0.05, 0) is 24.0 Å². The standard InChI is InChI=1S/C13H21NO/c1-10(2)8-15-9-13(14)12-7-5-4-6-11(12)3/h4-7,10,13H,8-9,14H2,1-3H3. The molecule has 0 heterocycles. The van der Waals surface area contributed by atoms with Gasteiger partial charge in [0.2, 0.25) is 0 Å². The van der Waals surface area contributed by atoms with E-state index in [-0.39, 0.29) is 6.04 Å². The molecule has 1 aromatic carbocycles. The van der Waals surface area contributed by atoms with E-state index in [1.54, 1.807) is 0 Å². The lowest BCUT2D eigenvalue weighted by molar-refractivity contribution is 0.0982. The molecule has 2 heteroatoms. The Hall–Kier alpha value is -0.860. The van der Waals surface area contributed by atoms with Crippen LogP contribution in [0.5, 0.6) is 0 Å². The molecule has 0 aliphatic carbocycles. The minimum Gasteiger partial charge on any atom is -0.379 e. The summed E-state index contributed by atoms with van der Waals surface area (Å²) in [5.74, 6) is 0.564. The van der Waals surface area contributed by atoms with E-state index in [1.165, 1.54) is 11.1 Å². The fourth-order valence-electron chi connectivity index (χ4n) is 1.52. The second-order valence-electron chi connectivity index (χ2n) is 4.39. The quantitative estimate of drug-likeness (QED) is 0.805. The summed E-state index contributed by atoms with van der Waals surface area (Å²) >= 11 is 0. The van der Waals surface area contributed by atoms with Crippen molar-refractivity contribution in [2.75, 3.05) is 13.2 Å². The van der Waals surface area contributed by atoms with Crippen molar-refractivity contribution in [1.82, 2.24) is 0 Å². The van der Waals surface area contributed by atoms with Crippen LogP contribution >= 0.6 is 0 Å². The van der Waals surface area contributed by atoms with Gasteiger partial charge in [-0.1, -0.05) is 38.1 Å². The predicted molar refractivity (Wildman–Crippen MR) is 63.8 cm³/mol. The summed E-state index contributed by atoms with van der Waals surface area (Å²) in [5, 5.41) is 0. The van der Waals surface area contributed by atoms with Gasteiger partial charge < -0.3 is 10.5 Å². The van der Waals surface area contributed by atoms with Crippen molar-refractivity contribution in [3.8, 4) is 0 Å². The Labute approximate surface area is 92.4 Å². The van der Waals surface area contributed by atoms with Crippen LogP contribution in [0.2, 0.25) is 0 Å². The molecule has 84 valence electrons. The molecule has 0 spiro atoms. The second kappa shape index (κ2) is 5.89. The topological polar surface area (TPSA) is 35.2 Å². The summed E-state index contributed by atoms with van der Waals surface area (Å²) in [7, 11) is 0. The van der Waals surface area contributed by atoms with E-state index >= 15 is 0 Å². The number of benzene rings is 1. The van der Waals surface area contributed by atoms with Crippen molar-refractivity contribution >= 4 is 0 Å². The smallest absolute Gasteiger partial charge is 0.0659 e. The van der Waals surface area contributed by atoms with Crippen LogP contribution in [0.4, 0.5) is 0 Å². The molecule has 0 fully saturated rings. The van der Waals surface area contributed by atoms with E-state index in [0.717, 1.165) is 6.61 Å². The van der Waals surface area contributed by atoms with Crippen molar-refractivity contribution in [2.45, 2.75) is 26.8 Å². The highest BCUT2D eigenvalue weighted by Gasteiger charge is 2.08. The Morgan fingerprint density at radius 1 is 1.20 bits per heavy atom. The number of nitrogens with two attached hydrogens (primary N) is 1. The van der Waals surface area contributed by atoms with Crippen molar-refractivity contribution in [2.24, 2.45) is 11.7 Å². The van der Waals surface area contributed by atoms with E-state index in [1.807, 2.05) is 12.1 Å². The molecule has 2 nitrogen and oxygen atoms in total. The highest BCUT2D eigenvalue weighted by molar-refractivity contribution is 5.28. The first kappa shape index (κ1) is 12.2. The number of hydrogen-bond donors (Lipinski definition) is 1. The van der Waals surface area contributed by atoms with Crippen LogP contribution in [0, 0.1) is 12.8 Å². The molecule has 0 saturated carbocycles. The van der Waals surface area contributed by atoms with Gasteiger partial charge in [-0.25, -0.2) is 0 Å². The molecule has 15 heavy (non-hydrogen) atoms. The summed E-state index contributed by atoms with van der Waals surface area (Å²) in [5.41, 5.74) is 8.47. The summed E-state index contributed by atoms with van der Waals surface area (Å²) in [6.45, 7) is 7.73. The van der Waals surface area contributed by atoms with Crippen LogP contribution in [0.25, 0.3) is 0 Å². The van der Waals surface area contributed by atoms with Crippen LogP contribution in [-0.4, -0.2) is 13.2 Å². The third-order valence-corrected chi connectivity index (χ3v) is 2.34. The van der Waals surface area contributed by atoms with Gasteiger partial charge in [-0.3, -0.25) is 0 Å². The summed E-state index contributed by atoms with van der Waals surface area (Å²) in [4.78, 5) is 0. The normalized spacial score (nSPS) is 13.1. The number of hydrogen-bond acceptors (Lipinski definition) is 2. The average molecular weight is 207 g/mol. The Kier molecular flexibility index (Phi) is 4.79. The van der Waals surface area contributed by atoms with Gasteiger partial charge in [-0.15, -0.1) is 0 Å². The molecule has 0 aliphatic rings. The van der Waals surface area contributed by atoms with Gasteiger partial charge >= 0.3 is 0 Å². The maximum Gasteiger partial charge on any atom is 0.0659 e. The van der Waals surface area contributed by atoms with Crippen LogP contribution in [-0.2, 0) is 4.74 Å². The minimum atomic E-state index is -0.00931. The Morgan fingerprint density at radius 3 is 2.47 bits per heavy atom. The Bertz CT molecular complexity index is 296. The van der Waals surface area contributed by atoms with Crippen molar-refractivity contribution in [1.29, 1.82) is 0 Å². The molecule has 0 radical (unpaired) electrons. The molecule has 0 bridgehead atoms. The molecule has 0 saturated heterocycles. The molecule has 2 N–H and O–H groups in total. The lowest BCUT2D eigenvalue weighted by Gasteiger charge is -2.15. The van der Waals surface area contributed by atoms with Crippen molar-refractivity contribution in [3.63, 3.8) is 0 Å². The molecule has 1 rings (SSSR count). The van der Waals surface area contributed by atoms with E-state index in [4.69, 9.17) is 10.5 Å². The average Bonchev–Trinajstić information content (AvgIpc) is 2.17. The molecular formula is C13H21NO. The molecule has 1 aromatic rings. The van der Waals surface area contributed by atoms with Crippen molar-refractivity contribution < 1.29 is 4.74 Å². The van der Waals surface area contributed by atoms with E-state index in [9.17, 15) is 0 Å². The number of aryl methyl sites for hydroxylation is 1. The lowest BCUT2D eigenvalue weighted by atomic mass is 10.0. The van der Waals surface area contributed by atoms with Gasteiger partial charge in [0.05, 0.1) is 12.6 Å². The van der Waals surface area contributed by atoms with Crippen LogP contribution < -0.4 is 5.73 Å². The van der Waals surface area contributed by atoms with Crippen LogP contribution in [0.3, 0.4) is 0 Å². The largest absolute Gasteiger partial charge is 0.379 e. The monoisotopic (exact) mass is 207 g/mol. The minimum absolute atomic E-state index is 0.00931. The molecule has 0 aliphatic heterocycles. The zero-order valence-electron chi connectivity index (χ0n) is 9.86. The Morgan fingerprint density at radius 2 is 1.87 bits per heavy atom. The van der Waals surface area contributed by atoms with Crippen LogP contribution in [0.15, 0.2) is 24.3 Å². The summed E-state index contributed by atoms with van der Waals surface area (Å²) in [6, 6.07) is 8.19. The van der Waals surface area contributed by atoms with E-state index in [0.29, 0.717) is 12.5 Å². The van der Waals surface area contributed by atoms with Gasteiger partial charge in [0.25, 0.3) is 0 Å². The van der Waals surface area contributed by atoms with Gasteiger partial charge in [-0.2, -0.15) is 0 Å². The molecular weight excluding hydrogens is 186 g/mol. The van der Waals surface area contributed by atoms with Crippen LogP contribution in [0.1, 0.15) is 31.0 Å². The SMILES string of the molecule is Cc1ccccc1C(N)COCC(C)C. The molecule has 1 atom stereocenters. The van der Waals surface area contributed by atoms with Gasteiger partial charge in [0.1, 0.15) is 0 Å². The molecule has 1 unspecified atom stereocenters. The maximum absolute atomic E-state index is 6.06. The Balaban J connectivity index is 2.47. The molecule has 0 amide bonds. The van der Waals surface area contributed by atoms with E-state index in [2.05, 4.69) is 32.9 Å². The van der Waals surface area contributed by atoms with Gasteiger partial charge in [0, 0.05) is 6.61 Å². The number of rotatable bonds is 5. The highest BCUT2D eigenvalue weighted by Crippen LogP contribution is 2.15. The third kappa shape index (κ3) is 4.02. The number of ether oxygens (including phenoxy) is 1. The lowest BCUT2D eigenvalue weighted by Crippen LogP contribution is -2.19. The first-order valence-electron chi connectivity index (χ1n) is 5.50. The zero-order chi connectivity index (χ0) is 11.3. The fraction of sp³-hybridized carbons (Fsp3) is 0.538. The zero-order valence-corrected chi connectivity index (χ0v) is 9.86. The first-order chi connectivity index (χ1) is 7.11. The highest BCUT2D eigenvalue weighted by atomic mass is 16.5. The summed E-state index contributed by atoms with van der Waals surface area (Å²) < 4.78 is 5.54. The first-order valence-corrected chi connectivity index (χ1v) is 5.50. The predicted octanol–water partition coefficient (Wildman–Crippen LogP) is 2.67. The van der Waals surface area contributed by atoms with Crippen molar-refractivity contribution in [3.05, 3.63) is 35.4 Å².